The van der Waals surface area contributed by atoms with E-state index in [4.69, 9.17) is 4.52 Å². The largest absolute Gasteiger partial charge is 0.360 e. The van der Waals surface area contributed by atoms with Crippen LogP contribution < -0.4 is 5.32 Å². The molecule has 128 valence electrons. The highest BCUT2D eigenvalue weighted by atomic mass is 16.5. The van der Waals surface area contributed by atoms with Crippen molar-refractivity contribution in [1.29, 1.82) is 0 Å². The first-order chi connectivity index (χ1) is 11.6. The Labute approximate surface area is 140 Å². The summed E-state index contributed by atoms with van der Waals surface area (Å²) in [5.41, 5.74) is 0.900. The molecule has 0 saturated carbocycles. The van der Waals surface area contributed by atoms with E-state index in [0.717, 1.165) is 44.2 Å². The average molecular weight is 330 g/mol. The molecule has 0 spiro atoms. The number of aryl methyl sites for hydroxylation is 1. The van der Waals surface area contributed by atoms with Crippen LogP contribution in [-0.4, -0.2) is 63.1 Å². The summed E-state index contributed by atoms with van der Waals surface area (Å²) in [5.74, 6) is 1.14. The fourth-order valence-corrected chi connectivity index (χ4v) is 2.76. The van der Waals surface area contributed by atoms with E-state index in [1.54, 1.807) is 18.5 Å². The van der Waals surface area contributed by atoms with Crippen molar-refractivity contribution >= 4 is 11.9 Å². The highest BCUT2D eigenvalue weighted by molar-refractivity contribution is 5.93. The molecule has 1 N–H and O–H groups in total. The molecule has 0 aliphatic carbocycles. The van der Waals surface area contributed by atoms with Gasteiger partial charge in [-0.25, -0.2) is 9.97 Å². The molecular weight excluding hydrogens is 308 g/mol. The molecule has 3 rings (SSSR count). The molecule has 1 fully saturated rings. The average Bonchev–Trinajstić information content (AvgIpc) is 3.00. The fraction of sp³-hybridized carbons (Fsp3) is 0.500. The van der Waals surface area contributed by atoms with Crippen molar-refractivity contribution in [3.8, 4) is 0 Å². The number of carbonyl (C=O) groups is 1. The number of amides is 1. The third-order valence-electron chi connectivity index (χ3n) is 4.19. The zero-order valence-corrected chi connectivity index (χ0v) is 14.0. The minimum absolute atomic E-state index is 0.0829. The predicted octanol–water partition coefficient (Wildman–Crippen LogP) is 0.918. The number of nitrogens with one attached hydrogen (secondary N) is 1. The van der Waals surface area contributed by atoms with Gasteiger partial charge < -0.3 is 4.52 Å². The quantitative estimate of drug-likeness (QED) is 0.872. The maximum Gasteiger partial charge on any atom is 0.243 e. The Balaban J connectivity index is 1.47. The number of piperazine rings is 1. The third kappa shape index (κ3) is 4.15. The van der Waals surface area contributed by atoms with Crippen molar-refractivity contribution in [2.24, 2.45) is 0 Å². The lowest BCUT2D eigenvalue weighted by Crippen LogP contribution is -2.52. The van der Waals surface area contributed by atoms with E-state index in [-0.39, 0.29) is 11.9 Å². The minimum Gasteiger partial charge on any atom is -0.360 e. The van der Waals surface area contributed by atoms with Crippen LogP contribution in [0.15, 0.2) is 29.0 Å². The summed E-state index contributed by atoms with van der Waals surface area (Å²) < 4.78 is 5.26. The molecule has 1 saturated heterocycles. The smallest absolute Gasteiger partial charge is 0.243 e. The molecule has 24 heavy (non-hydrogen) atoms. The first kappa shape index (κ1) is 16.5. The molecular formula is C16H22N6O2. The van der Waals surface area contributed by atoms with Crippen LogP contribution in [0.5, 0.6) is 0 Å². The first-order valence-electron chi connectivity index (χ1n) is 8.08. The van der Waals surface area contributed by atoms with Crippen molar-refractivity contribution in [2.75, 3.05) is 31.5 Å². The maximum absolute atomic E-state index is 12.3. The lowest BCUT2D eigenvalue weighted by Gasteiger charge is -2.36. The van der Waals surface area contributed by atoms with Crippen LogP contribution in [0.4, 0.5) is 5.95 Å². The van der Waals surface area contributed by atoms with Crippen LogP contribution >= 0.6 is 0 Å². The van der Waals surface area contributed by atoms with Gasteiger partial charge in [-0.3, -0.25) is 19.9 Å². The Morgan fingerprint density at radius 3 is 2.62 bits per heavy atom. The molecule has 1 aliphatic rings. The van der Waals surface area contributed by atoms with E-state index in [2.05, 4.69) is 30.2 Å². The molecule has 1 aliphatic heterocycles. The van der Waals surface area contributed by atoms with Gasteiger partial charge in [-0.1, -0.05) is 5.16 Å². The summed E-state index contributed by atoms with van der Waals surface area (Å²) in [6.45, 7) is 8.02. The van der Waals surface area contributed by atoms with Gasteiger partial charge in [-0.15, -0.1) is 0 Å². The summed E-state index contributed by atoms with van der Waals surface area (Å²) in [6.07, 6.45) is 3.22. The van der Waals surface area contributed by atoms with Crippen LogP contribution in [0.3, 0.4) is 0 Å². The van der Waals surface area contributed by atoms with Crippen LogP contribution in [-0.2, 0) is 11.3 Å². The van der Waals surface area contributed by atoms with Gasteiger partial charge in [0.15, 0.2) is 5.76 Å². The molecule has 0 unspecified atom stereocenters. The van der Waals surface area contributed by atoms with E-state index in [1.165, 1.54) is 0 Å². The summed E-state index contributed by atoms with van der Waals surface area (Å²) >= 11 is 0. The summed E-state index contributed by atoms with van der Waals surface area (Å²) in [6, 6.07) is 3.46. The monoisotopic (exact) mass is 330 g/mol. The summed E-state index contributed by atoms with van der Waals surface area (Å²) in [5, 5.41) is 6.66. The normalized spacial score (nSPS) is 17.6. The number of hydrogen-bond donors (Lipinski definition) is 1. The van der Waals surface area contributed by atoms with Crippen LogP contribution in [0.2, 0.25) is 0 Å². The third-order valence-corrected chi connectivity index (χ3v) is 4.19. The highest BCUT2D eigenvalue weighted by Gasteiger charge is 2.26. The maximum atomic E-state index is 12.3. The van der Waals surface area contributed by atoms with Gasteiger partial charge in [-0.05, 0) is 19.9 Å². The standard InChI is InChI=1S/C16H22N6O2/c1-12-10-14(24-20-12)11-21-6-8-22(9-7-21)13(2)15(23)19-16-17-4-3-5-18-16/h3-5,10,13H,6-9,11H2,1-2H3,(H,17,18,19,23)/t13-/m1/s1. The topological polar surface area (TPSA) is 87.4 Å². The molecule has 8 heteroatoms. The lowest BCUT2D eigenvalue weighted by molar-refractivity contribution is -0.121. The Kier molecular flexibility index (Phi) is 5.17. The Morgan fingerprint density at radius 2 is 2.00 bits per heavy atom. The van der Waals surface area contributed by atoms with E-state index in [1.807, 2.05) is 19.9 Å². The van der Waals surface area contributed by atoms with E-state index >= 15 is 0 Å². The van der Waals surface area contributed by atoms with E-state index < -0.39 is 0 Å². The first-order valence-corrected chi connectivity index (χ1v) is 8.08. The molecule has 1 amide bonds. The van der Waals surface area contributed by atoms with Gasteiger partial charge in [-0.2, -0.15) is 0 Å². The molecule has 0 bridgehead atoms. The Morgan fingerprint density at radius 1 is 1.29 bits per heavy atom. The number of rotatable bonds is 5. The zero-order chi connectivity index (χ0) is 16.9. The molecule has 3 heterocycles. The number of anilines is 1. The molecule has 8 nitrogen and oxygen atoms in total. The molecule has 0 aromatic carbocycles. The van der Waals surface area contributed by atoms with Crippen LogP contribution in [0.25, 0.3) is 0 Å². The van der Waals surface area contributed by atoms with Gasteiger partial charge in [0.05, 0.1) is 18.3 Å². The van der Waals surface area contributed by atoms with Crippen LogP contribution in [0.1, 0.15) is 18.4 Å². The summed E-state index contributed by atoms with van der Waals surface area (Å²) in [7, 11) is 0. The fourth-order valence-electron chi connectivity index (χ4n) is 2.76. The second-order valence-electron chi connectivity index (χ2n) is 5.98. The van der Waals surface area contributed by atoms with Crippen molar-refractivity contribution in [3.05, 3.63) is 36.0 Å². The van der Waals surface area contributed by atoms with Crippen molar-refractivity contribution in [3.63, 3.8) is 0 Å². The molecule has 2 aromatic rings. The van der Waals surface area contributed by atoms with Crippen molar-refractivity contribution in [2.45, 2.75) is 26.4 Å². The molecule has 2 aromatic heterocycles. The van der Waals surface area contributed by atoms with E-state index in [9.17, 15) is 4.79 Å². The second-order valence-corrected chi connectivity index (χ2v) is 5.98. The van der Waals surface area contributed by atoms with Gasteiger partial charge in [0.2, 0.25) is 11.9 Å². The van der Waals surface area contributed by atoms with Crippen molar-refractivity contribution in [1.82, 2.24) is 24.9 Å². The Bertz CT molecular complexity index is 666. The minimum atomic E-state index is -0.219. The summed E-state index contributed by atoms with van der Waals surface area (Å²) in [4.78, 5) is 24.8. The number of carbonyl (C=O) groups excluding carboxylic acids is 1. The van der Waals surface area contributed by atoms with Gasteiger partial charge in [0.1, 0.15) is 0 Å². The second kappa shape index (κ2) is 7.50. The lowest BCUT2D eigenvalue weighted by atomic mass is 10.2. The van der Waals surface area contributed by atoms with Crippen LogP contribution in [0, 0.1) is 6.92 Å². The SMILES string of the molecule is Cc1cc(CN2CCN([C@H](C)C(=O)Nc3ncccn3)CC2)on1. The number of hydrogen-bond acceptors (Lipinski definition) is 7. The predicted molar refractivity (Wildman–Crippen MR) is 88.2 cm³/mol. The van der Waals surface area contributed by atoms with Gasteiger partial charge in [0.25, 0.3) is 0 Å². The van der Waals surface area contributed by atoms with Crippen molar-refractivity contribution < 1.29 is 9.32 Å². The zero-order valence-electron chi connectivity index (χ0n) is 14.0. The van der Waals surface area contributed by atoms with Gasteiger partial charge >= 0.3 is 0 Å². The number of nitrogens with zero attached hydrogens (tertiary/aromatic N) is 5. The Hall–Kier alpha value is -2.32. The van der Waals surface area contributed by atoms with E-state index in [0.29, 0.717) is 5.95 Å². The highest BCUT2D eigenvalue weighted by Crippen LogP contribution is 2.12. The number of aromatic nitrogens is 3. The molecule has 1 atom stereocenters. The van der Waals surface area contributed by atoms with Gasteiger partial charge in [0, 0.05) is 44.6 Å². The molecule has 0 radical (unpaired) electrons.